The summed E-state index contributed by atoms with van der Waals surface area (Å²) in [7, 11) is 0. The first kappa shape index (κ1) is 11.8. The number of aromatic nitrogens is 1. The van der Waals surface area contributed by atoms with Gasteiger partial charge in [-0.2, -0.15) is 0 Å². The first-order valence-corrected chi connectivity index (χ1v) is 6.64. The van der Waals surface area contributed by atoms with E-state index in [2.05, 4.69) is 38.4 Å². The molecule has 0 unspecified atom stereocenters. The summed E-state index contributed by atoms with van der Waals surface area (Å²) in [5, 5.41) is 3.31. The van der Waals surface area contributed by atoms with Gasteiger partial charge in [0.1, 0.15) is 5.76 Å². The molecule has 1 N–H and O–H groups in total. The molecule has 0 aliphatic carbocycles. The highest BCUT2D eigenvalue weighted by atomic mass is 79.9. The maximum Gasteiger partial charge on any atom is 0.208 e. The molecule has 3 nitrogen and oxygen atoms in total. The van der Waals surface area contributed by atoms with Crippen LogP contribution in [0.4, 0.5) is 0 Å². The quantitative estimate of drug-likeness (QED) is 0.940. The van der Waals surface area contributed by atoms with Crippen LogP contribution in [0.5, 0.6) is 0 Å². The Morgan fingerprint density at radius 1 is 1.38 bits per heavy atom. The highest BCUT2D eigenvalue weighted by Gasteiger charge is 2.05. The minimum atomic E-state index is 0.671. The van der Waals surface area contributed by atoms with Gasteiger partial charge in [-0.15, -0.1) is 11.3 Å². The second-order valence-corrected chi connectivity index (χ2v) is 6.11. The predicted molar refractivity (Wildman–Crippen MR) is 68.5 cm³/mol. The van der Waals surface area contributed by atoms with Crippen molar-refractivity contribution in [2.75, 3.05) is 0 Å². The molecule has 0 radical (unpaired) electrons. The lowest BCUT2D eigenvalue weighted by molar-refractivity contribution is 0.449. The van der Waals surface area contributed by atoms with Gasteiger partial charge in [-0.25, -0.2) is 4.98 Å². The fourth-order valence-corrected chi connectivity index (χ4v) is 2.81. The number of thiophene rings is 1. The predicted octanol–water partition coefficient (Wildman–Crippen LogP) is 3.41. The molecule has 86 valence electrons. The number of nitrogens with one attached hydrogen (secondary N) is 1. The van der Waals surface area contributed by atoms with E-state index in [-0.39, 0.29) is 0 Å². The van der Waals surface area contributed by atoms with Crippen molar-refractivity contribution in [3.05, 3.63) is 38.1 Å². The zero-order valence-electron chi connectivity index (χ0n) is 9.21. The van der Waals surface area contributed by atoms with Crippen LogP contribution < -0.4 is 5.32 Å². The number of nitrogens with zero attached hydrogens (tertiary/aromatic N) is 1. The van der Waals surface area contributed by atoms with Crippen molar-refractivity contribution in [1.82, 2.24) is 10.3 Å². The molecule has 0 saturated heterocycles. The van der Waals surface area contributed by atoms with E-state index in [1.807, 2.05) is 13.8 Å². The molecule has 0 amide bonds. The average molecular weight is 301 g/mol. The number of oxazole rings is 1. The third-order valence-electron chi connectivity index (χ3n) is 2.28. The van der Waals surface area contributed by atoms with Crippen molar-refractivity contribution >= 4 is 27.3 Å². The zero-order chi connectivity index (χ0) is 11.5. The molecule has 2 rings (SSSR count). The standard InChI is InChI=1S/C11H13BrN2OS/c1-7-8(2)15-11(14-7)6-13-5-9-3-4-10(12)16-9/h3-4,13H,5-6H2,1-2H3. The van der Waals surface area contributed by atoms with E-state index < -0.39 is 0 Å². The Labute approximate surface area is 107 Å². The Morgan fingerprint density at radius 2 is 2.19 bits per heavy atom. The van der Waals surface area contributed by atoms with Gasteiger partial charge in [0.2, 0.25) is 5.89 Å². The molecule has 0 aliphatic heterocycles. The Hall–Kier alpha value is -0.650. The molecule has 16 heavy (non-hydrogen) atoms. The Balaban J connectivity index is 1.84. The zero-order valence-corrected chi connectivity index (χ0v) is 11.6. The Kier molecular flexibility index (Phi) is 3.78. The van der Waals surface area contributed by atoms with E-state index in [9.17, 15) is 0 Å². The van der Waals surface area contributed by atoms with Crippen LogP contribution in [-0.2, 0) is 13.1 Å². The van der Waals surface area contributed by atoms with Crippen LogP contribution in [0, 0.1) is 13.8 Å². The van der Waals surface area contributed by atoms with Crippen LogP contribution in [0.25, 0.3) is 0 Å². The van der Waals surface area contributed by atoms with Crippen molar-refractivity contribution < 1.29 is 4.42 Å². The number of rotatable bonds is 4. The van der Waals surface area contributed by atoms with Crippen molar-refractivity contribution in [1.29, 1.82) is 0 Å². The Bertz CT molecular complexity index is 459. The fraction of sp³-hybridized carbons (Fsp3) is 0.364. The highest BCUT2D eigenvalue weighted by molar-refractivity contribution is 9.11. The van der Waals surface area contributed by atoms with Crippen molar-refractivity contribution in [2.45, 2.75) is 26.9 Å². The summed E-state index contributed by atoms with van der Waals surface area (Å²) in [5.74, 6) is 1.65. The summed E-state index contributed by atoms with van der Waals surface area (Å²) in [6.07, 6.45) is 0. The van der Waals surface area contributed by atoms with E-state index in [0.29, 0.717) is 6.54 Å². The minimum Gasteiger partial charge on any atom is -0.444 e. The summed E-state index contributed by atoms with van der Waals surface area (Å²) in [6, 6.07) is 4.16. The molecule has 0 bridgehead atoms. The maximum atomic E-state index is 5.48. The van der Waals surface area contributed by atoms with Crippen LogP contribution in [-0.4, -0.2) is 4.98 Å². The lowest BCUT2D eigenvalue weighted by Gasteiger charge is -1.98. The SMILES string of the molecule is Cc1nc(CNCc2ccc(Br)s2)oc1C. The molecule has 0 spiro atoms. The largest absolute Gasteiger partial charge is 0.444 e. The van der Waals surface area contributed by atoms with Gasteiger partial charge in [0.05, 0.1) is 16.0 Å². The second kappa shape index (κ2) is 5.12. The van der Waals surface area contributed by atoms with E-state index in [1.165, 1.54) is 4.88 Å². The summed E-state index contributed by atoms with van der Waals surface area (Å²) in [6.45, 7) is 5.40. The minimum absolute atomic E-state index is 0.671. The van der Waals surface area contributed by atoms with E-state index >= 15 is 0 Å². The van der Waals surface area contributed by atoms with Gasteiger partial charge in [0.25, 0.3) is 0 Å². The molecule has 0 aliphatic rings. The van der Waals surface area contributed by atoms with E-state index in [1.54, 1.807) is 11.3 Å². The summed E-state index contributed by atoms with van der Waals surface area (Å²) in [4.78, 5) is 5.61. The van der Waals surface area contributed by atoms with Gasteiger partial charge in [-0.3, -0.25) is 0 Å². The molecular weight excluding hydrogens is 288 g/mol. The summed E-state index contributed by atoms with van der Waals surface area (Å²) < 4.78 is 6.64. The molecule has 2 heterocycles. The maximum absolute atomic E-state index is 5.48. The molecule has 2 aromatic heterocycles. The lowest BCUT2D eigenvalue weighted by atomic mass is 10.4. The van der Waals surface area contributed by atoms with Crippen molar-refractivity contribution in [2.24, 2.45) is 0 Å². The summed E-state index contributed by atoms with van der Waals surface area (Å²) in [5.41, 5.74) is 0.968. The summed E-state index contributed by atoms with van der Waals surface area (Å²) >= 11 is 5.18. The molecule has 0 saturated carbocycles. The molecule has 0 aromatic carbocycles. The van der Waals surface area contributed by atoms with Crippen LogP contribution in [0.3, 0.4) is 0 Å². The van der Waals surface area contributed by atoms with E-state index in [4.69, 9.17) is 4.42 Å². The molecule has 5 heteroatoms. The molecular formula is C11H13BrN2OS. The van der Waals surface area contributed by atoms with Crippen LogP contribution in [0.15, 0.2) is 20.3 Å². The van der Waals surface area contributed by atoms with Gasteiger partial charge in [-0.1, -0.05) is 0 Å². The first-order chi connectivity index (χ1) is 7.65. The topological polar surface area (TPSA) is 38.1 Å². The second-order valence-electron chi connectivity index (χ2n) is 3.56. The van der Waals surface area contributed by atoms with Crippen molar-refractivity contribution in [3.8, 4) is 0 Å². The number of halogens is 1. The Morgan fingerprint density at radius 3 is 2.75 bits per heavy atom. The molecule has 0 atom stereocenters. The monoisotopic (exact) mass is 300 g/mol. The highest BCUT2D eigenvalue weighted by Crippen LogP contribution is 2.21. The number of aryl methyl sites for hydroxylation is 2. The van der Waals surface area contributed by atoms with E-state index in [0.717, 1.165) is 27.7 Å². The molecule has 0 fully saturated rings. The smallest absolute Gasteiger partial charge is 0.208 e. The van der Waals surface area contributed by atoms with Gasteiger partial charge >= 0.3 is 0 Å². The third-order valence-corrected chi connectivity index (χ3v) is 3.90. The third kappa shape index (κ3) is 2.93. The number of hydrogen-bond donors (Lipinski definition) is 1. The molecule has 2 aromatic rings. The van der Waals surface area contributed by atoms with Crippen LogP contribution in [0.2, 0.25) is 0 Å². The fourth-order valence-electron chi connectivity index (χ4n) is 1.35. The van der Waals surface area contributed by atoms with Crippen LogP contribution >= 0.6 is 27.3 Å². The lowest BCUT2D eigenvalue weighted by Crippen LogP contribution is -2.11. The van der Waals surface area contributed by atoms with Gasteiger partial charge in [0.15, 0.2) is 0 Å². The van der Waals surface area contributed by atoms with Crippen LogP contribution in [0.1, 0.15) is 22.2 Å². The number of hydrogen-bond acceptors (Lipinski definition) is 4. The van der Waals surface area contributed by atoms with Gasteiger partial charge in [-0.05, 0) is 41.9 Å². The normalized spacial score (nSPS) is 10.9. The average Bonchev–Trinajstić information content (AvgIpc) is 2.75. The van der Waals surface area contributed by atoms with Gasteiger partial charge < -0.3 is 9.73 Å². The van der Waals surface area contributed by atoms with Crippen molar-refractivity contribution in [3.63, 3.8) is 0 Å². The first-order valence-electron chi connectivity index (χ1n) is 5.03. The van der Waals surface area contributed by atoms with Gasteiger partial charge in [0, 0.05) is 11.4 Å².